The number of likely N-dealkylation sites (tertiary alicyclic amines) is 1. The average molecular weight is 411 g/mol. The summed E-state index contributed by atoms with van der Waals surface area (Å²) in [6, 6.07) is 7.56. The monoisotopic (exact) mass is 410 g/mol. The van der Waals surface area contributed by atoms with Crippen LogP contribution >= 0.6 is 24.0 Å². The van der Waals surface area contributed by atoms with Gasteiger partial charge in [-0.15, -0.1) is 12.4 Å². The summed E-state index contributed by atoms with van der Waals surface area (Å²) in [5.74, 6) is 0.541. The molecule has 0 spiro atoms. The van der Waals surface area contributed by atoms with Crippen molar-refractivity contribution in [1.29, 1.82) is 0 Å². The Hall–Kier alpha value is -1.56. The van der Waals surface area contributed by atoms with Crippen LogP contribution in [0.25, 0.3) is 11.3 Å². The first-order chi connectivity index (χ1) is 12.3. The van der Waals surface area contributed by atoms with Gasteiger partial charge in [-0.1, -0.05) is 29.8 Å². The van der Waals surface area contributed by atoms with Crippen molar-refractivity contribution in [2.24, 2.45) is 5.92 Å². The highest BCUT2D eigenvalue weighted by molar-refractivity contribution is 6.33. The second kappa shape index (κ2) is 8.63. The van der Waals surface area contributed by atoms with E-state index in [1.54, 1.807) is 0 Å². The first kappa shape index (κ1) is 21.7. The molecule has 1 atom stereocenters. The maximum Gasteiger partial charge on any atom is 0.257 e. The first-order valence-electron chi connectivity index (χ1n) is 9.10. The van der Waals surface area contributed by atoms with Gasteiger partial charge >= 0.3 is 0 Å². The number of rotatable bonds is 4. The van der Waals surface area contributed by atoms with E-state index < -0.39 is 0 Å². The number of hydrogen-bond acceptors (Lipinski definition) is 3. The van der Waals surface area contributed by atoms with Gasteiger partial charge < -0.3 is 10.2 Å². The Morgan fingerprint density at radius 2 is 2.04 bits per heavy atom. The molecule has 0 radical (unpaired) electrons. The van der Waals surface area contributed by atoms with E-state index in [4.69, 9.17) is 16.7 Å². The second-order valence-corrected chi connectivity index (χ2v) is 8.36. The van der Waals surface area contributed by atoms with Gasteiger partial charge in [-0.2, -0.15) is 5.10 Å². The molecule has 1 aromatic carbocycles. The number of carbonyl (C=O) groups excluding carboxylic acids is 1. The largest absolute Gasteiger partial charge is 0.338 e. The zero-order chi connectivity index (χ0) is 18.9. The molecule has 27 heavy (non-hydrogen) atoms. The summed E-state index contributed by atoms with van der Waals surface area (Å²) in [6.45, 7) is 8.72. The molecule has 1 aliphatic heterocycles. The van der Waals surface area contributed by atoms with E-state index in [9.17, 15) is 4.79 Å². The second-order valence-electron chi connectivity index (χ2n) is 7.95. The fourth-order valence-corrected chi connectivity index (χ4v) is 3.59. The molecule has 1 aliphatic rings. The molecule has 1 unspecified atom stereocenters. The van der Waals surface area contributed by atoms with Crippen molar-refractivity contribution in [1.82, 2.24) is 20.0 Å². The van der Waals surface area contributed by atoms with Crippen molar-refractivity contribution < 1.29 is 4.79 Å². The molecule has 0 saturated carbocycles. The average Bonchev–Trinajstić information content (AvgIpc) is 3.22. The smallest absolute Gasteiger partial charge is 0.257 e. The maximum atomic E-state index is 13.3. The van der Waals surface area contributed by atoms with E-state index in [-0.39, 0.29) is 23.9 Å². The lowest BCUT2D eigenvalue weighted by Gasteiger charge is -2.19. The molecule has 1 fully saturated rings. The maximum absolute atomic E-state index is 13.3. The van der Waals surface area contributed by atoms with E-state index in [0.717, 1.165) is 31.6 Å². The van der Waals surface area contributed by atoms with Gasteiger partial charge in [-0.25, -0.2) is 0 Å². The summed E-state index contributed by atoms with van der Waals surface area (Å²) in [5.41, 5.74) is 1.87. The third kappa shape index (κ3) is 4.65. The van der Waals surface area contributed by atoms with Crippen LogP contribution in [-0.4, -0.2) is 47.3 Å². The number of benzene rings is 1. The van der Waals surface area contributed by atoms with Gasteiger partial charge in [0.05, 0.1) is 16.1 Å². The summed E-state index contributed by atoms with van der Waals surface area (Å²) in [6.07, 6.45) is 2.90. The predicted octanol–water partition coefficient (Wildman–Crippen LogP) is 4.06. The lowest BCUT2D eigenvalue weighted by molar-refractivity contribution is 0.0787. The molecular weight excluding hydrogens is 383 g/mol. The highest BCUT2D eigenvalue weighted by atomic mass is 35.5. The molecule has 148 valence electrons. The first-order valence-corrected chi connectivity index (χ1v) is 9.48. The van der Waals surface area contributed by atoms with Crippen LogP contribution in [0.15, 0.2) is 30.5 Å². The van der Waals surface area contributed by atoms with Gasteiger partial charge in [-0.3, -0.25) is 9.48 Å². The van der Waals surface area contributed by atoms with Crippen molar-refractivity contribution >= 4 is 29.9 Å². The fraction of sp³-hybridized carbons (Fsp3) is 0.500. The molecule has 7 heteroatoms. The highest BCUT2D eigenvalue weighted by Gasteiger charge is 2.31. The van der Waals surface area contributed by atoms with Gasteiger partial charge in [0, 0.05) is 24.8 Å². The van der Waals surface area contributed by atoms with Crippen molar-refractivity contribution in [2.75, 3.05) is 26.7 Å². The van der Waals surface area contributed by atoms with E-state index in [2.05, 4.69) is 26.1 Å². The normalized spacial score (nSPS) is 17.1. The highest BCUT2D eigenvalue weighted by Crippen LogP contribution is 2.32. The minimum absolute atomic E-state index is 0. The van der Waals surface area contributed by atoms with Crippen LogP contribution in [-0.2, 0) is 5.54 Å². The van der Waals surface area contributed by atoms with Gasteiger partial charge in [0.2, 0.25) is 0 Å². The number of aromatic nitrogens is 2. The third-order valence-corrected chi connectivity index (χ3v) is 5.16. The van der Waals surface area contributed by atoms with Gasteiger partial charge in [0.1, 0.15) is 5.69 Å². The number of nitrogens with one attached hydrogen (secondary N) is 1. The molecule has 1 saturated heterocycles. The standard InChI is InChI=1S/C20H27ClN4O.ClH/c1-20(2,3)25-13-16(18(23-25)15-7-5-6-8-17(15)21)19(26)24-10-9-14(12-24)11-22-4;/h5-8,13-14,22H,9-12H2,1-4H3;1H. The lowest BCUT2D eigenvalue weighted by Crippen LogP contribution is -2.30. The number of amides is 1. The van der Waals surface area contributed by atoms with Gasteiger partial charge in [0.15, 0.2) is 0 Å². The summed E-state index contributed by atoms with van der Waals surface area (Å²) >= 11 is 6.40. The Morgan fingerprint density at radius 1 is 1.33 bits per heavy atom. The van der Waals surface area contributed by atoms with Crippen molar-refractivity contribution in [3.63, 3.8) is 0 Å². The van der Waals surface area contributed by atoms with Crippen LogP contribution in [0.3, 0.4) is 0 Å². The van der Waals surface area contributed by atoms with Crippen molar-refractivity contribution in [2.45, 2.75) is 32.7 Å². The van der Waals surface area contributed by atoms with Gasteiger partial charge in [0.25, 0.3) is 5.91 Å². The number of halogens is 2. The van der Waals surface area contributed by atoms with E-state index in [0.29, 0.717) is 22.2 Å². The number of carbonyl (C=O) groups is 1. The van der Waals surface area contributed by atoms with Gasteiger partial charge in [-0.05, 0) is 52.8 Å². The van der Waals surface area contributed by atoms with Crippen LogP contribution in [0.5, 0.6) is 0 Å². The number of hydrogen-bond donors (Lipinski definition) is 1. The Labute approximate surface area is 172 Å². The molecule has 0 bridgehead atoms. The summed E-state index contributed by atoms with van der Waals surface area (Å²) in [4.78, 5) is 15.2. The Kier molecular flexibility index (Phi) is 6.95. The van der Waals surface area contributed by atoms with Crippen LogP contribution in [0.1, 0.15) is 37.6 Å². The molecule has 1 aromatic heterocycles. The minimum Gasteiger partial charge on any atom is -0.338 e. The van der Waals surface area contributed by atoms with Crippen LogP contribution < -0.4 is 5.32 Å². The number of nitrogens with zero attached hydrogens (tertiary/aromatic N) is 3. The minimum atomic E-state index is -0.214. The zero-order valence-corrected chi connectivity index (χ0v) is 17.9. The van der Waals surface area contributed by atoms with Crippen LogP contribution in [0.4, 0.5) is 0 Å². The molecule has 2 aromatic rings. The van der Waals surface area contributed by atoms with E-state index >= 15 is 0 Å². The topological polar surface area (TPSA) is 50.2 Å². The predicted molar refractivity (Wildman–Crippen MR) is 113 cm³/mol. The fourth-order valence-electron chi connectivity index (χ4n) is 3.37. The SMILES string of the molecule is CNCC1CCN(C(=O)c2cn(C(C)(C)C)nc2-c2ccccc2Cl)C1.Cl. The lowest BCUT2D eigenvalue weighted by atomic mass is 10.1. The van der Waals surface area contributed by atoms with Crippen LogP contribution in [0.2, 0.25) is 5.02 Å². The zero-order valence-electron chi connectivity index (χ0n) is 16.3. The molecule has 3 rings (SSSR count). The van der Waals surface area contributed by atoms with E-state index in [1.807, 2.05) is 47.1 Å². The Bertz CT molecular complexity index is 798. The quantitative estimate of drug-likeness (QED) is 0.826. The molecule has 1 amide bonds. The summed E-state index contributed by atoms with van der Waals surface area (Å²) in [5, 5.41) is 8.55. The third-order valence-electron chi connectivity index (χ3n) is 4.83. The Balaban J connectivity index is 0.00000261. The summed E-state index contributed by atoms with van der Waals surface area (Å²) in [7, 11) is 1.95. The summed E-state index contributed by atoms with van der Waals surface area (Å²) < 4.78 is 1.86. The van der Waals surface area contributed by atoms with Crippen molar-refractivity contribution in [3.8, 4) is 11.3 Å². The van der Waals surface area contributed by atoms with E-state index in [1.165, 1.54) is 0 Å². The van der Waals surface area contributed by atoms with Crippen molar-refractivity contribution in [3.05, 3.63) is 41.0 Å². The van der Waals surface area contributed by atoms with Crippen LogP contribution in [0, 0.1) is 5.92 Å². The molecule has 1 N–H and O–H groups in total. The molecule has 5 nitrogen and oxygen atoms in total. The molecule has 0 aliphatic carbocycles. The molecular formula is C20H28Cl2N4O. The Morgan fingerprint density at radius 3 is 2.67 bits per heavy atom. The molecule has 2 heterocycles.